The zero-order valence-electron chi connectivity index (χ0n) is 17.5. The minimum atomic E-state index is -0.609. The number of likely N-dealkylation sites (tertiary alicyclic amines) is 1. The van der Waals surface area contributed by atoms with Crippen LogP contribution in [-0.2, 0) is 17.9 Å². The molecule has 7 heteroatoms. The van der Waals surface area contributed by atoms with E-state index in [9.17, 15) is 13.6 Å². The number of hydrogen-bond donors (Lipinski definition) is 0. The Morgan fingerprint density at radius 3 is 2.65 bits per heavy atom. The van der Waals surface area contributed by atoms with Crippen molar-refractivity contribution < 1.29 is 13.6 Å². The second-order valence-corrected chi connectivity index (χ2v) is 8.06. The van der Waals surface area contributed by atoms with Gasteiger partial charge >= 0.3 is 0 Å². The number of nitrogens with zero attached hydrogens (tertiary/aromatic N) is 4. The summed E-state index contributed by atoms with van der Waals surface area (Å²) in [5, 5.41) is 4.24. The molecule has 1 aromatic heterocycles. The predicted molar refractivity (Wildman–Crippen MR) is 114 cm³/mol. The van der Waals surface area contributed by atoms with Crippen LogP contribution < -0.4 is 0 Å². The van der Waals surface area contributed by atoms with Gasteiger partial charge in [0.1, 0.15) is 11.6 Å². The molecule has 5 nitrogen and oxygen atoms in total. The number of halogens is 2. The first kappa shape index (κ1) is 21.2. The summed E-state index contributed by atoms with van der Waals surface area (Å²) in [7, 11) is 2.08. The van der Waals surface area contributed by atoms with Crippen LogP contribution >= 0.6 is 0 Å². The van der Waals surface area contributed by atoms with E-state index in [0.29, 0.717) is 18.5 Å². The Labute approximate surface area is 180 Å². The zero-order chi connectivity index (χ0) is 21.8. The summed E-state index contributed by atoms with van der Waals surface area (Å²) in [6.45, 7) is 1.52. The van der Waals surface area contributed by atoms with E-state index in [1.54, 1.807) is 11.1 Å². The molecule has 0 bridgehead atoms. The lowest BCUT2D eigenvalue weighted by molar-refractivity contribution is -0.131. The Kier molecular flexibility index (Phi) is 6.42. The molecule has 4 rings (SSSR count). The van der Waals surface area contributed by atoms with Gasteiger partial charge in [-0.1, -0.05) is 18.2 Å². The van der Waals surface area contributed by atoms with Crippen molar-refractivity contribution in [3.8, 4) is 5.69 Å². The lowest BCUT2D eigenvalue weighted by Crippen LogP contribution is -2.33. The third-order valence-electron chi connectivity index (χ3n) is 5.91. The largest absolute Gasteiger partial charge is 0.338 e. The van der Waals surface area contributed by atoms with Gasteiger partial charge in [-0.2, -0.15) is 5.10 Å². The van der Waals surface area contributed by atoms with E-state index in [4.69, 9.17) is 0 Å². The Morgan fingerprint density at radius 2 is 1.94 bits per heavy atom. The van der Waals surface area contributed by atoms with Gasteiger partial charge in [0.05, 0.1) is 5.69 Å². The number of hydrogen-bond acceptors (Lipinski definition) is 3. The van der Waals surface area contributed by atoms with Gasteiger partial charge < -0.3 is 4.90 Å². The summed E-state index contributed by atoms with van der Waals surface area (Å²) < 4.78 is 29.0. The van der Waals surface area contributed by atoms with Crippen LogP contribution in [0.25, 0.3) is 5.69 Å². The van der Waals surface area contributed by atoms with Crippen LogP contribution in [0.1, 0.15) is 30.4 Å². The van der Waals surface area contributed by atoms with Gasteiger partial charge in [-0.15, -0.1) is 0 Å². The van der Waals surface area contributed by atoms with E-state index in [1.165, 1.54) is 17.7 Å². The highest BCUT2D eigenvalue weighted by Crippen LogP contribution is 2.21. The fourth-order valence-corrected chi connectivity index (χ4v) is 4.08. The maximum Gasteiger partial charge on any atom is 0.222 e. The van der Waals surface area contributed by atoms with E-state index in [-0.39, 0.29) is 18.5 Å². The topological polar surface area (TPSA) is 41.4 Å². The standard InChI is InChI=1S/C24H26F2N4O/c1-28(16-18-3-7-22(8-4-18)30-13-2-12-27-30)21-9-10-24(31)29(14-11-21)17-19-5-6-20(25)15-23(19)26/h2-8,12-13,15,21H,9-11,14,16-17H2,1H3. The maximum atomic E-state index is 14.0. The molecule has 2 heterocycles. The van der Waals surface area contributed by atoms with Crippen molar-refractivity contribution in [2.75, 3.05) is 13.6 Å². The molecule has 1 unspecified atom stereocenters. The summed E-state index contributed by atoms with van der Waals surface area (Å²) in [6, 6.07) is 14.0. The number of benzene rings is 2. The molecule has 3 aromatic rings. The molecule has 0 spiro atoms. The fourth-order valence-electron chi connectivity index (χ4n) is 4.08. The highest BCUT2D eigenvalue weighted by atomic mass is 19.1. The first-order valence-electron chi connectivity index (χ1n) is 10.5. The molecule has 1 saturated heterocycles. The van der Waals surface area contributed by atoms with E-state index in [1.807, 2.05) is 29.1 Å². The Balaban J connectivity index is 1.35. The van der Waals surface area contributed by atoms with Gasteiger partial charge in [-0.25, -0.2) is 13.5 Å². The van der Waals surface area contributed by atoms with Crippen molar-refractivity contribution in [1.29, 1.82) is 0 Å². The lowest BCUT2D eigenvalue weighted by atomic mass is 10.1. The summed E-state index contributed by atoms with van der Waals surface area (Å²) in [5.41, 5.74) is 2.55. The number of aromatic nitrogens is 2. The molecule has 0 N–H and O–H groups in total. The number of carbonyl (C=O) groups is 1. The Hall–Kier alpha value is -3.06. The molecule has 1 aliphatic rings. The van der Waals surface area contributed by atoms with Crippen molar-refractivity contribution in [3.63, 3.8) is 0 Å². The summed E-state index contributed by atoms with van der Waals surface area (Å²) >= 11 is 0. The van der Waals surface area contributed by atoms with E-state index >= 15 is 0 Å². The van der Waals surface area contributed by atoms with Crippen molar-refractivity contribution in [3.05, 3.63) is 83.7 Å². The van der Waals surface area contributed by atoms with Crippen molar-refractivity contribution in [2.24, 2.45) is 0 Å². The molecule has 2 aromatic carbocycles. The smallest absolute Gasteiger partial charge is 0.222 e. The molecule has 1 aliphatic heterocycles. The number of carbonyl (C=O) groups excluding carboxylic acids is 1. The first-order chi connectivity index (χ1) is 15.0. The van der Waals surface area contributed by atoms with Gasteiger partial charge in [0.15, 0.2) is 0 Å². The normalized spacial score (nSPS) is 17.2. The SMILES string of the molecule is CN(Cc1ccc(-n2cccn2)cc1)C1CCC(=O)N(Cc2ccc(F)cc2F)CC1. The van der Waals surface area contributed by atoms with Crippen LogP contribution in [0.2, 0.25) is 0 Å². The fraction of sp³-hybridized carbons (Fsp3) is 0.333. The quantitative estimate of drug-likeness (QED) is 0.597. The van der Waals surface area contributed by atoms with Gasteiger partial charge in [0.2, 0.25) is 5.91 Å². The summed E-state index contributed by atoms with van der Waals surface area (Å²) in [4.78, 5) is 16.5. The van der Waals surface area contributed by atoms with Gasteiger partial charge in [-0.3, -0.25) is 9.69 Å². The summed E-state index contributed by atoms with van der Waals surface area (Å²) in [6.07, 6.45) is 5.67. The van der Waals surface area contributed by atoms with E-state index in [2.05, 4.69) is 29.2 Å². The number of rotatable bonds is 6. The van der Waals surface area contributed by atoms with Gasteiger partial charge in [0.25, 0.3) is 0 Å². The molecule has 162 valence electrons. The van der Waals surface area contributed by atoms with Crippen molar-refractivity contribution >= 4 is 5.91 Å². The van der Waals surface area contributed by atoms with Gasteiger partial charge in [0, 0.05) is 56.1 Å². The Bertz CT molecular complexity index is 1020. The highest BCUT2D eigenvalue weighted by Gasteiger charge is 2.25. The average molecular weight is 424 g/mol. The second-order valence-electron chi connectivity index (χ2n) is 8.06. The molecule has 0 saturated carbocycles. The molecule has 0 aliphatic carbocycles. The zero-order valence-corrected chi connectivity index (χ0v) is 17.5. The van der Waals surface area contributed by atoms with Gasteiger partial charge in [-0.05, 0) is 49.7 Å². The monoisotopic (exact) mass is 424 g/mol. The third-order valence-corrected chi connectivity index (χ3v) is 5.91. The minimum Gasteiger partial charge on any atom is -0.338 e. The molecule has 31 heavy (non-hydrogen) atoms. The van der Waals surface area contributed by atoms with Crippen LogP contribution in [0.5, 0.6) is 0 Å². The maximum absolute atomic E-state index is 14.0. The molecule has 1 atom stereocenters. The second kappa shape index (κ2) is 9.39. The van der Waals surface area contributed by atoms with E-state index in [0.717, 1.165) is 31.1 Å². The first-order valence-corrected chi connectivity index (χ1v) is 10.5. The lowest BCUT2D eigenvalue weighted by Gasteiger charge is -2.27. The third kappa shape index (κ3) is 5.17. The molecule has 1 fully saturated rings. The van der Waals surface area contributed by atoms with Crippen LogP contribution in [0, 0.1) is 11.6 Å². The van der Waals surface area contributed by atoms with Crippen molar-refractivity contribution in [2.45, 2.75) is 38.4 Å². The molecular formula is C24H26F2N4O. The van der Waals surface area contributed by atoms with Crippen LogP contribution in [-0.4, -0.2) is 45.1 Å². The molecule has 1 amide bonds. The minimum absolute atomic E-state index is 0.0169. The van der Waals surface area contributed by atoms with Crippen LogP contribution in [0.15, 0.2) is 60.9 Å². The van der Waals surface area contributed by atoms with Crippen LogP contribution in [0.3, 0.4) is 0 Å². The van der Waals surface area contributed by atoms with E-state index < -0.39 is 11.6 Å². The van der Waals surface area contributed by atoms with Crippen molar-refractivity contribution in [1.82, 2.24) is 19.6 Å². The summed E-state index contributed by atoms with van der Waals surface area (Å²) in [5.74, 6) is -1.20. The van der Waals surface area contributed by atoms with Crippen LogP contribution in [0.4, 0.5) is 8.78 Å². The number of amides is 1. The average Bonchev–Trinajstić information content (AvgIpc) is 3.23. The predicted octanol–water partition coefficient (Wildman–Crippen LogP) is 4.16. The molecular weight excluding hydrogens is 398 g/mol. The highest BCUT2D eigenvalue weighted by molar-refractivity contribution is 5.76. The Morgan fingerprint density at radius 1 is 1.13 bits per heavy atom. The molecule has 0 radical (unpaired) electrons.